The molecule has 1 aromatic heterocycles. The molecular weight excluding hydrogens is 470 g/mol. The normalized spacial score (nSPS) is 24.6. The Kier molecular flexibility index (Phi) is 6.61. The van der Waals surface area contributed by atoms with E-state index < -0.39 is 29.0 Å². The van der Waals surface area contributed by atoms with Crippen LogP contribution in [0, 0.1) is 23.5 Å². The fourth-order valence-electron chi connectivity index (χ4n) is 6.09. The summed E-state index contributed by atoms with van der Waals surface area (Å²) >= 11 is 0. The number of halogens is 2. The number of carbonyl (C=O) groups is 1. The molecule has 1 aromatic carbocycles. The first-order valence-corrected chi connectivity index (χ1v) is 12.5. The summed E-state index contributed by atoms with van der Waals surface area (Å²) in [5.74, 6) is -1.78. The number of pyridine rings is 1. The van der Waals surface area contributed by atoms with Gasteiger partial charge in [-0.3, -0.25) is 19.8 Å². The maximum atomic E-state index is 14.0. The lowest BCUT2D eigenvalue weighted by Gasteiger charge is -2.53. The van der Waals surface area contributed by atoms with Gasteiger partial charge in [-0.25, -0.2) is 8.78 Å². The van der Waals surface area contributed by atoms with Crippen LogP contribution in [0.2, 0.25) is 0 Å². The van der Waals surface area contributed by atoms with Crippen molar-refractivity contribution in [2.75, 3.05) is 13.1 Å². The Hall–Kier alpha value is -2.82. The van der Waals surface area contributed by atoms with Crippen molar-refractivity contribution in [1.29, 1.82) is 0 Å². The van der Waals surface area contributed by atoms with Gasteiger partial charge in [-0.1, -0.05) is 26.3 Å². The molecule has 2 unspecified atom stereocenters. The fraction of sp³-hybridized carbons (Fsp3) is 0.538. The Balaban J connectivity index is 1.46. The van der Waals surface area contributed by atoms with Crippen LogP contribution in [0.3, 0.4) is 0 Å². The van der Waals surface area contributed by atoms with Crippen LogP contribution in [0.25, 0.3) is 0 Å². The van der Waals surface area contributed by atoms with Crippen molar-refractivity contribution >= 4 is 5.91 Å². The molecule has 5 rings (SSSR count). The van der Waals surface area contributed by atoms with E-state index in [1.54, 1.807) is 4.57 Å². The zero-order valence-electron chi connectivity index (χ0n) is 20.5. The van der Waals surface area contributed by atoms with Crippen molar-refractivity contribution in [3.63, 3.8) is 0 Å². The van der Waals surface area contributed by atoms with Crippen LogP contribution in [0.4, 0.5) is 8.78 Å². The number of aromatic hydroxyl groups is 1. The number of aliphatic hydroxyl groups is 1. The first-order chi connectivity index (χ1) is 17.2. The summed E-state index contributed by atoms with van der Waals surface area (Å²) < 4.78 is 28.7. The monoisotopic (exact) mass is 502 g/mol. The van der Waals surface area contributed by atoms with E-state index in [0.717, 1.165) is 44.5 Å². The number of amides is 1. The van der Waals surface area contributed by atoms with Crippen molar-refractivity contribution in [3.05, 3.63) is 63.1 Å². The van der Waals surface area contributed by atoms with E-state index >= 15 is 0 Å². The lowest BCUT2D eigenvalue weighted by atomic mass is 9.93. The van der Waals surface area contributed by atoms with Crippen LogP contribution in [0.5, 0.6) is 5.75 Å². The predicted octanol–water partition coefficient (Wildman–Crippen LogP) is 2.54. The molecule has 36 heavy (non-hydrogen) atoms. The van der Waals surface area contributed by atoms with E-state index in [-0.39, 0.29) is 41.5 Å². The summed E-state index contributed by atoms with van der Waals surface area (Å²) in [5, 5.41) is 24.1. The van der Waals surface area contributed by atoms with Gasteiger partial charge in [0.05, 0.1) is 12.1 Å². The molecule has 0 bridgehead atoms. The minimum Gasteiger partial charge on any atom is -0.503 e. The second-order valence-corrected chi connectivity index (χ2v) is 10.6. The standard InChI is InChI=1S/C26H32F2N4O4/c1-14(2)10-30-11-16-4-3-5-20(16)32-21(30)13-31-12-18(23(33)24(34)22(31)26(32)36)25(35)29-9-15-6-7-17(27)8-19(15)28/h6-8,12,14,16,20-21,25,29,34-35H,3-5,9-11,13H2,1-2H3/t16?,20-,21-,25?/m0/s1. The van der Waals surface area contributed by atoms with Crippen molar-refractivity contribution in [2.45, 2.75) is 64.6 Å². The van der Waals surface area contributed by atoms with Gasteiger partial charge in [0, 0.05) is 43.5 Å². The first-order valence-electron chi connectivity index (χ1n) is 12.5. The van der Waals surface area contributed by atoms with E-state index in [9.17, 15) is 28.6 Å². The molecule has 0 spiro atoms. The molecule has 2 aromatic rings. The average molecular weight is 503 g/mol. The minimum atomic E-state index is -1.53. The highest BCUT2D eigenvalue weighted by atomic mass is 19.1. The average Bonchev–Trinajstić information content (AvgIpc) is 3.28. The number of aromatic nitrogens is 1. The zero-order chi connectivity index (χ0) is 25.7. The molecule has 10 heteroatoms. The summed E-state index contributed by atoms with van der Waals surface area (Å²) in [6.45, 7) is 6.18. The Morgan fingerprint density at radius 2 is 1.94 bits per heavy atom. The van der Waals surface area contributed by atoms with E-state index in [1.807, 2.05) is 4.90 Å². The van der Waals surface area contributed by atoms with Crippen molar-refractivity contribution in [2.24, 2.45) is 11.8 Å². The number of aliphatic hydroxyl groups excluding tert-OH is 1. The summed E-state index contributed by atoms with van der Waals surface area (Å²) in [6.07, 6.45) is 2.68. The topological polar surface area (TPSA) is 98.0 Å². The molecule has 3 aliphatic rings. The molecule has 2 aliphatic heterocycles. The van der Waals surface area contributed by atoms with Crippen LogP contribution in [-0.2, 0) is 13.1 Å². The number of hydrogen-bond acceptors (Lipinski definition) is 6. The van der Waals surface area contributed by atoms with Gasteiger partial charge < -0.3 is 19.7 Å². The molecule has 194 valence electrons. The smallest absolute Gasteiger partial charge is 0.276 e. The third-order valence-corrected chi connectivity index (χ3v) is 7.66. The second-order valence-electron chi connectivity index (χ2n) is 10.6. The molecule has 0 radical (unpaired) electrons. The van der Waals surface area contributed by atoms with Crippen LogP contribution in [-0.4, -0.2) is 55.8 Å². The maximum Gasteiger partial charge on any atom is 0.276 e. The minimum absolute atomic E-state index is 0.0613. The lowest BCUT2D eigenvalue weighted by molar-refractivity contribution is -0.0581. The summed E-state index contributed by atoms with van der Waals surface area (Å²) in [5.41, 5.74) is -0.952. The molecule has 3 N–H and O–H groups in total. The van der Waals surface area contributed by atoms with Crippen LogP contribution in [0.1, 0.15) is 61.0 Å². The molecule has 3 heterocycles. The molecule has 1 aliphatic carbocycles. The second kappa shape index (κ2) is 9.57. The lowest BCUT2D eigenvalue weighted by Crippen LogP contribution is -2.66. The van der Waals surface area contributed by atoms with Crippen LogP contribution >= 0.6 is 0 Å². The summed E-state index contributed by atoms with van der Waals surface area (Å²) in [7, 11) is 0. The Labute approximate surface area is 208 Å². The van der Waals surface area contributed by atoms with Crippen molar-refractivity contribution in [1.82, 2.24) is 19.7 Å². The van der Waals surface area contributed by atoms with Gasteiger partial charge >= 0.3 is 0 Å². The SMILES string of the molecule is CC(C)CN1CC2CCC[C@@H]2N2C(=O)c3c(O)c(=O)c(C(O)NCc4ccc(F)cc4F)cn3C[C@@H]12. The molecule has 1 saturated carbocycles. The predicted molar refractivity (Wildman–Crippen MR) is 128 cm³/mol. The van der Waals surface area contributed by atoms with E-state index in [4.69, 9.17) is 0 Å². The number of nitrogens with zero attached hydrogens (tertiary/aromatic N) is 3. The molecule has 4 atom stereocenters. The largest absolute Gasteiger partial charge is 0.503 e. The molecular formula is C26H32F2N4O4. The van der Waals surface area contributed by atoms with Gasteiger partial charge in [-0.15, -0.1) is 0 Å². The highest BCUT2D eigenvalue weighted by Gasteiger charge is 2.49. The zero-order valence-corrected chi connectivity index (χ0v) is 20.5. The van der Waals surface area contributed by atoms with Gasteiger partial charge in [0.15, 0.2) is 11.4 Å². The highest BCUT2D eigenvalue weighted by Crippen LogP contribution is 2.40. The number of nitrogens with one attached hydrogen (secondary N) is 1. The quantitative estimate of drug-likeness (QED) is 0.526. The molecule has 8 nitrogen and oxygen atoms in total. The highest BCUT2D eigenvalue weighted by molar-refractivity contribution is 5.96. The Morgan fingerprint density at radius 1 is 1.17 bits per heavy atom. The third kappa shape index (κ3) is 4.31. The summed E-state index contributed by atoms with van der Waals surface area (Å²) in [4.78, 5) is 30.8. The van der Waals surface area contributed by atoms with E-state index in [1.165, 1.54) is 12.3 Å². The molecule has 1 saturated heterocycles. The van der Waals surface area contributed by atoms with Gasteiger partial charge in [-0.2, -0.15) is 0 Å². The first kappa shape index (κ1) is 24.9. The van der Waals surface area contributed by atoms with Crippen LogP contribution < -0.4 is 10.7 Å². The van der Waals surface area contributed by atoms with Gasteiger partial charge in [0.25, 0.3) is 5.91 Å². The van der Waals surface area contributed by atoms with Crippen molar-refractivity contribution < 1.29 is 23.8 Å². The molecule has 2 fully saturated rings. The van der Waals surface area contributed by atoms with Gasteiger partial charge in [-0.05, 0) is 30.7 Å². The fourth-order valence-corrected chi connectivity index (χ4v) is 6.09. The maximum absolute atomic E-state index is 14.0. The summed E-state index contributed by atoms with van der Waals surface area (Å²) in [6, 6.07) is 3.18. The van der Waals surface area contributed by atoms with E-state index in [0.29, 0.717) is 18.4 Å². The Morgan fingerprint density at radius 3 is 2.67 bits per heavy atom. The number of hydrogen-bond donors (Lipinski definition) is 3. The number of rotatable bonds is 6. The van der Waals surface area contributed by atoms with E-state index in [2.05, 4.69) is 24.1 Å². The third-order valence-electron chi connectivity index (χ3n) is 7.66. The van der Waals surface area contributed by atoms with Gasteiger partial charge in [0.2, 0.25) is 5.43 Å². The van der Waals surface area contributed by atoms with Gasteiger partial charge in [0.1, 0.15) is 24.0 Å². The number of carbonyl (C=O) groups excluding carboxylic acids is 1. The number of fused-ring (bicyclic) bond motifs is 4. The molecule has 1 amide bonds. The van der Waals surface area contributed by atoms with Crippen LogP contribution in [0.15, 0.2) is 29.2 Å². The van der Waals surface area contributed by atoms with Crippen molar-refractivity contribution in [3.8, 4) is 5.75 Å². The Bertz CT molecular complexity index is 1230. The number of benzene rings is 1.